The molecule has 0 aliphatic rings. The van der Waals surface area contributed by atoms with Gasteiger partial charge in [-0.25, -0.2) is 0 Å². The van der Waals surface area contributed by atoms with Gasteiger partial charge in [-0.05, 0) is 48.7 Å². The van der Waals surface area contributed by atoms with E-state index in [2.05, 4.69) is 5.32 Å². The second-order valence-electron chi connectivity index (χ2n) is 6.66. The van der Waals surface area contributed by atoms with Gasteiger partial charge in [0.05, 0.1) is 32.6 Å². The number of carboxylic acid groups (broad SMARTS) is 1. The van der Waals surface area contributed by atoms with E-state index < -0.39 is 11.5 Å². The maximum atomic E-state index is 12.6. The number of rotatable bonds is 8. The molecule has 0 spiro atoms. The first-order valence-corrected chi connectivity index (χ1v) is 8.58. The summed E-state index contributed by atoms with van der Waals surface area (Å²) in [6.45, 7) is 3.62. The summed E-state index contributed by atoms with van der Waals surface area (Å²) >= 11 is 0. The fourth-order valence-electron chi connectivity index (χ4n) is 3.00. The molecule has 0 aliphatic heterocycles. The summed E-state index contributed by atoms with van der Waals surface area (Å²) in [6.07, 6.45) is -0.126. The van der Waals surface area contributed by atoms with Gasteiger partial charge in [0.1, 0.15) is 11.5 Å². The molecule has 0 bridgehead atoms. The van der Waals surface area contributed by atoms with Crippen molar-refractivity contribution in [3.8, 4) is 11.5 Å². The van der Waals surface area contributed by atoms with Crippen molar-refractivity contribution < 1.29 is 24.2 Å². The summed E-state index contributed by atoms with van der Waals surface area (Å²) in [5.74, 6) is 0.0353. The minimum absolute atomic E-state index is 0.121. The molecule has 1 unspecified atom stereocenters. The zero-order valence-electron chi connectivity index (χ0n) is 16.0. The fraction of sp³-hybridized carbons (Fsp3) is 0.333. The second-order valence-corrected chi connectivity index (χ2v) is 6.66. The van der Waals surface area contributed by atoms with E-state index in [-0.39, 0.29) is 18.7 Å². The Morgan fingerprint density at radius 3 is 2.48 bits per heavy atom. The third kappa shape index (κ3) is 5.23. The lowest BCUT2D eigenvalue weighted by Gasteiger charge is -2.30. The van der Waals surface area contributed by atoms with Gasteiger partial charge in [0, 0.05) is 0 Å². The zero-order chi connectivity index (χ0) is 20.0. The first kappa shape index (κ1) is 20.3. The van der Waals surface area contributed by atoms with Gasteiger partial charge < -0.3 is 19.9 Å². The molecule has 1 amide bonds. The van der Waals surface area contributed by atoms with Crippen LogP contribution in [0.3, 0.4) is 0 Å². The molecule has 0 radical (unpaired) electrons. The van der Waals surface area contributed by atoms with Crippen LogP contribution in [0, 0.1) is 6.92 Å². The third-order valence-electron chi connectivity index (χ3n) is 4.46. The number of hydrogen-bond donors (Lipinski definition) is 2. The highest BCUT2D eigenvalue weighted by molar-refractivity contribution is 5.81. The van der Waals surface area contributed by atoms with Crippen molar-refractivity contribution in [1.82, 2.24) is 5.32 Å². The normalized spacial score (nSPS) is 12.7. The maximum absolute atomic E-state index is 12.6. The number of amides is 1. The molecular formula is C21H25NO5. The number of nitrogens with one attached hydrogen (secondary N) is 1. The van der Waals surface area contributed by atoms with Crippen LogP contribution in [0.5, 0.6) is 11.5 Å². The number of methoxy groups -OCH3 is 2. The molecule has 0 saturated heterocycles. The van der Waals surface area contributed by atoms with Gasteiger partial charge in [0.15, 0.2) is 0 Å². The van der Waals surface area contributed by atoms with Gasteiger partial charge >= 0.3 is 5.97 Å². The van der Waals surface area contributed by atoms with Crippen LogP contribution in [-0.4, -0.2) is 31.2 Å². The number of aryl methyl sites for hydroxylation is 1. The monoisotopic (exact) mass is 371 g/mol. The first-order valence-electron chi connectivity index (χ1n) is 8.58. The molecule has 1 atom stereocenters. The number of aliphatic carboxylic acids is 1. The van der Waals surface area contributed by atoms with Crippen LogP contribution < -0.4 is 14.8 Å². The number of carbonyl (C=O) groups is 2. The van der Waals surface area contributed by atoms with Crippen LogP contribution in [0.4, 0.5) is 0 Å². The molecule has 0 fully saturated rings. The Labute approximate surface area is 159 Å². The summed E-state index contributed by atoms with van der Waals surface area (Å²) in [7, 11) is 3.12. The average molecular weight is 371 g/mol. The summed E-state index contributed by atoms with van der Waals surface area (Å²) in [5.41, 5.74) is 1.37. The highest BCUT2D eigenvalue weighted by Gasteiger charge is 2.32. The zero-order valence-corrected chi connectivity index (χ0v) is 16.0. The number of benzene rings is 2. The molecule has 6 nitrogen and oxygen atoms in total. The van der Waals surface area contributed by atoms with Crippen molar-refractivity contribution in [1.29, 1.82) is 0 Å². The minimum atomic E-state index is -1.06. The molecule has 144 valence electrons. The fourth-order valence-corrected chi connectivity index (χ4v) is 3.00. The van der Waals surface area contributed by atoms with E-state index in [1.54, 1.807) is 38.3 Å². The smallest absolute Gasteiger partial charge is 0.306 e. The SMILES string of the molecule is COc1cccc(C(C)(CC(=O)O)NC(=O)Cc2ccc(C)c(OC)c2)c1. The number of carboxylic acids is 1. The summed E-state index contributed by atoms with van der Waals surface area (Å²) in [4.78, 5) is 24.1. The van der Waals surface area contributed by atoms with Crippen LogP contribution in [0.2, 0.25) is 0 Å². The van der Waals surface area contributed by atoms with Crippen LogP contribution in [0.1, 0.15) is 30.0 Å². The Balaban J connectivity index is 2.24. The second kappa shape index (κ2) is 8.58. The van der Waals surface area contributed by atoms with E-state index in [4.69, 9.17) is 9.47 Å². The van der Waals surface area contributed by atoms with E-state index in [0.29, 0.717) is 17.1 Å². The lowest BCUT2D eigenvalue weighted by Crippen LogP contribution is -2.45. The van der Waals surface area contributed by atoms with Gasteiger partial charge in [-0.3, -0.25) is 9.59 Å². The van der Waals surface area contributed by atoms with E-state index in [1.807, 2.05) is 25.1 Å². The topological polar surface area (TPSA) is 84.9 Å². The van der Waals surface area contributed by atoms with Crippen LogP contribution >= 0.6 is 0 Å². The Kier molecular flexibility index (Phi) is 6.45. The Hall–Kier alpha value is -3.02. The molecule has 2 aromatic rings. The number of hydrogen-bond acceptors (Lipinski definition) is 4. The summed E-state index contributed by atoms with van der Waals surface area (Å²) < 4.78 is 10.5. The Morgan fingerprint density at radius 1 is 1.11 bits per heavy atom. The highest BCUT2D eigenvalue weighted by atomic mass is 16.5. The van der Waals surface area contributed by atoms with Crippen molar-refractivity contribution in [2.24, 2.45) is 0 Å². The third-order valence-corrected chi connectivity index (χ3v) is 4.46. The van der Waals surface area contributed by atoms with Crippen molar-refractivity contribution in [3.63, 3.8) is 0 Å². The Morgan fingerprint density at radius 2 is 1.85 bits per heavy atom. The molecule has 2 aromatic carbocycles. The summed E-state index contributed by atoms with van der Waals surface area (Å²) in [6, 6.07) is 12.6. The standard InChI is InChI=1S/C21H25NO5/c1-14-8-9-15(10-18(14)27-4)11-19(23)22-21(2,13-20(24)25)16-6-5-7-17(12-16)26-3/h5-10,12H,11,13H2,1-4H3,(H,22,23)(H,24,25). The van der Waals surface area contributed by atoms with Crippen molar-refractivity contribution >= 4 is 11.9 Å². The summed E-state index contributed by atoms with van der Waals surface area (Å²) in [5, 5.41) is 12.2. The highest BCUT2D eigenvalue weighted by Crippen LogP contribution is 2.28. The number of carbonyl (C=O) groups excluding carboxylic acids is 1. The van der Waals surface area contributed by atoms with E-state index in [9.17, 15) is 14.7 Å². The van der Waals surface area contributed by atoms with Gasteiger partial charge in [0.25, 0.3) is 0 Å². The van der Waals surface area contributed by atoms with Crippen molar-refractivity contribution in [2.45, 2.75) is 32.2 Å². The van der Waals surface area contributed by atoms with Gasteiger partial charge in [-0.15, -0.1) is 0 Å². The Bertz CT molecular complexity index is 833. The molecule has 0 aliphatic carbocycles. The average Bonchev–Trinajstić information content (AvgIpc) is 2.62. The van der Waals surface area contributed by atoms with Gasteiger partial charge in [-0.2, -0.15) is 0 Å². The van der Waals surface area contributed by atoms with Crippen LogP contribution in [-0.2, 0) is 21.5 Å². The van der Waals surface area contributed by atoms with Crippen LogP contribution in [0.15, 0.2) is 42.5 Å². The van der Waals surface area contributed by atoms with E-state index >= 15 is 0 Å². The molecule has 6 heteroatoms. The van der Waals surface area contributed by atoms with Crippen molar-refractivity contribution in [3.05, 3.63) is 59.2 Å². The minimum Gasteiger partial charge on any atom is -0.497 e. The van der Waals surface area contributed by atoms with Crippen molar-refractivity contribution in [2.75, 3.05) is 14.2 Å². The van der Waals surface area contributed by atoms with Crippen LogP contribution in [0.25, 0.3) is 0 Å². The van der Waals surface area contributed by atoms with E-state index in [1.165, 1.54) is 7.11 Å². The molecule has 2 rings (SSSR count). The van der Waals surface area contributed by atoms with Gasteiger partial charge in [-0.1, -0.05) is 24.3 Å². The molecule has 27 heavy (non-hydrogen) atoms. The molecule has 0 saturated carbocycles. The first-order chi connectivity index (χ1) is 12.8. The molecular weight excluding hydrogens is 346 g/mol. The van der Waals surface area contributed by atoms with E-state index in [0.717, 1.165) is 11.1 Å². The lowest BCUT2D eigenvalue weighted by molar-refractivity contribution is -0.139. The molecule has 2 N–H and O–H groups in total. The van der Waals surface area contributed by atoms with Gasteiger partial charge in [0.2, 0.25) is 5.91 Å². The number of ether oxygens (including phenoxy) is 2. The predicted molar refractivity (Wildman–Crippen MR) is 102 cm³/mol. The largest absolute Gasteiger partial charge is 0.497 e. The maximum Gasteiger partial charge on any atom is 0.306 e. The quantitative estimate of drug-likeness (QED) is 0.745. The molecule has 0 heterocycles. The lowest BCUT2D eigenvalue weighted by atomic mass is 9.88. The predicted octanol–water partition coefficient (Wildman–Crippen LogP) is 3.06. The molecule has 0 aromatic heterocycles.